The van der Waals surface area contributed by atoms with Crippen molar-refractivity contribution in [3.8, 4) is 5.75 Å². The van der Waals surface area contributed by atoms with Gasteiger partial charge in [0.1, 0.15) is 5.75 Å². The number of nitrogens with one attached hydrogen (secondary N) is 2. The van der Waals surface area contributed by atoms with Gasteiger partial charge in [0.05, 0.1) is 16.6 Å². The molecule has 47 heavy (non-hydrogen) atoms. The van der Waals surface area contributed by atoms with Crippen molar-refractivity contribution < 1.29 is 24.3 Å². The van der Waals surface area contributed by atoms with Crippen LogP contribution in [0.3, 0.4) is 0 Å². The second-order valence-corrected chi connectivity index (χ2v) is 12.8. The number of benzene rings is 1. The molecule has 3 N–H and O–H groups in total. The molecule has 1 saturated heterocycles. The number of allylic oxidation sites excluding steroid dienone is 11. The van der Waals surface area contributed by atoms with E-state index in [1.54, 1.807) is 12.1 Å². The molecular weight excluding hydrogens is 631 g/mol. The van der Waals surface area contributed by atoms with Crippen LogP contribution in [0, 0.1) is 0 Å². The summed E-state index contributed by atoms with van der Waals surface area (Å²) in [5, 5.41) is 14.8. The Labute approximate surface area is 288 Å². The van der Waals surface area contributed by atoms with Crippen molar-refractivity contribution in [1.82, 2.24) is 15.5 Å². The maximum Gasteiger partial charge on any atom is 0.255 e. The lowest BCUT2D eigenvalue weighted by molar-refractivity contribution is -0.138. The molecule has 254 valence electrons. The van der Waals surface area contributed by atoms with Gasteiger partial charge in [-0.25, -0.2) is 0 Å². The quantitative estimate of drug-likeness (QED) is 0.0685. The van der Waals surface area contributed by atoms with Crippen molar-refractivity contribution in [3.05, 3.63) is 103 Å². The Bertz CT molecular complexity index is 1300. The van der Waals surface area contributed by atoms with Crippen LogP contribution in [0.25, 0.3) is 0 Å². The second kappa shape index (κ2) is 25.3. The molecular formula is C37H49N3O5S2. The number of hydrogen-bond acceptors (Lipinski definition) is 7. The molecule has 1 aliphatic rings. The maximum atomic E-state index is 12.7. The number of hydrogen-bond donors (Lipinski definition) is 3. The molecule has 8 nitrogen and oxygen atoms in total. The molecule has 1 atom stereocenters. The van der Waals surface area contributed by atoms with Crippen LogP contribution in [0.4, 0.5) is 0 Å². The number of likely N-dealkylation sites (tertiary alicyclic amines) is 1. The van der Waals surface area contributed by atoms with Crippen molar-refractivity contribution in [3.63, 3.8) is 0 Å². The molecule has 0 spiro atoms. The number of imide groups is 1. The molecule has 1 unspecified atom stereocenters. The van der Waals surface area contributed by atoms with Crippen LogP contribution in [0.5, 0.6) is 5.75 Å². The van der Waals surface area contributed by atoms with E-state index in [0.29, 0.717) is 18.1 Å². The van der Waals surface area contributed by atoms with E-state index in [1.165, 1.54) is 40.6 Å². The predicted octanol–water partition coefficient (Wildman–Crippen LogP) is 6.53. The van der Waals surface area contributed by atoms with Crippen LogP contribution in [0.15, 0.2) is 97.2 Å². The molecule has 1 fully saturated rings. The number of phenols is 1. The number of thioether (sulfide) groups is 2. The summed E-state index contributed by atoms with van der Waals surface area (Å²) in [6, 6.07) is 6.26. The SMILES string of the molecule is CC/C=C\CC=CCC=CC/C=C\C/C=C\C/C=C\CSCC(=O)NCCN1C(=O)CC(SCCNC(=O)c2ccccc2O)C1=O. The Kier molecular flexibility index (Phi) is 21.3. The lowest BCUT2D eigenvalue weighted by atomic mass is 10.2. The van der Waals surface area contributed by atoms with Crippen LogP contribution >= 0.6 is 23.5 Å². The zero-order valence-electron chi connectivity index (χ0n) is 27.4. The smallest absolute Gasteiger partial charge is 0.255 e. The minimum atomic E-state index is -0.503. The number of aromatic hydroxyl groups is 1. The maximum absolute atomic E-state index is 12.7. The van der Waals surface area contributed by atoms with E-state index in [0.717, 1.165) is 44.3 Å². The summed E-state index contributed by atoms with van der Waals surface area (Å²) in [5.41, 5.74) is 0.185. The van der Waals surface area contributed by atoms with Crippen molar-refractivity contribution >= 4 is 47.2 Å². The highest BCUT2D eigenvalue weighted by molar-refractivity contribution is 8.00. The lowest BCUT2D eigenvalue weighted by Gasteiger charge is -2.15. The van der Waals surface area contributed by atoms with Crippen LogP contribution in [0.1, 0.15) is 62.2 Å². The average Bonchev–Trinajstić information content (AvgIpc) is 3.33. The van der Waals surface area contributed by atoms with E-state index < -0.39 is 11.2 Å². The first kappa shape index (κ1) is 39.4. The van der Waals surface area contributed by atoms with Crippen molar-refractivity contribution in [2.75, 3.05) is 36.9 Å². The molecule has 1 aliphatic heterocycles. The third-order valence-electron chi connectivity index (χ3n) is 6.76. The highest BCUT2D eigenvalue weighted by Gasteiger charge is 2.38. The fourth-order valence-corrected chi connectivity index (χ4v) is 6.02. The van der Waals surface area contributed by atoms with Gasteiger partial charge in [0.25, 0.3) is 5.91 Å². The molecule has 1 aromatic rings. The molecule has 0 bridgehead atoms. The number of rotatable bonds is 23. The van der Waals surface area contributed by atoms with E-state index in [-0.39, 0.29) is 48.5 Å². The van der Waals surface area contributed by atoms with Crippen LogP contribution < -0.4 is 10.6 Å². The van der Waals surface area contributed by atoms with Gasteiger partial charge in [-0.3, -0.25) is 24.1 Å². The summed E-state index contributed by atoms with van der Waals surface area (Å²) in [6.45, 7) is 2.79. The van der Waals surface area contributed by atoms with E-state index in [1.807, 2.05) is 6.08 Å². The first-order valence-corrected chi connectivity index (χ1v) is 18.4. The Morgan fingerprint density at radius 1 is 0.830 bits per heavy atom. The minimum absolute atomic E-state index is 0.0968. The van der Waals surface area contributed by atoms with Gasteiger partial charge < -0.3 is 15.7 Å². The van der Waals surface area contributed by atoms with E-state index in [9.17, 15) is 24.3 Å². The minimum Gasteiger partial charge on any atom is -0.507 e. The van der Waals surface area contributed by atoms with Crippen LogP contribution in [-0.4, -0.2) is 75.8 Å². The van der Waals surface area contributed by atoms with Gasteiger partial charge >= 0.3 is 0 Å². The number of carbonyl (C=O) groups is 4. The molecule has 0 radical (unpaired) electrons. The molecule has 0 aromatic heterocycles. The fraction of sp³-hybridized carbons (Fsp3) is 0.405. The fourth-order valence-electron chi connectivity index (χ4n) is 4.31. The largest absolute Gasteiger partial charge is 0.507 e. The Morgan fingerprint density at radius 3 is 2.00 bits per heavy atom. The van der Waals surface area contributed by atoms with E-state index in [2.05, 4.69) is 84.4 Å². The molecule has 0 aliphatic carbocycles. The lowest BCUT2D eigenvalue weighted by Crippen LogP contribution is -2.39. The summed E-state index contributed by atoms with van der Waals surface area (Å²) in [6.07, 6.45) is 31.8. The Balaban J connectivity index is 1.47. The first-order chi connectivity index (χ1) is 22.9. The number of amides is 4. The average molecular weight is 680 g/mol. The Morgan fingerprint density at radius 2 is 1.40 bits per heavy atom. The summed E-state index contributed by atoms with van der Waals surface area (Å²) >= 11 is 2.82. The van der Waals surface area contributed by atoms with Crippen LogP contribution in [0.2, 0.25) is 0 Å². The van der Waals surface area contributed by atoms with Gasteiger partial charge in [0.2, 0.25) is 17.7 Å². The second-order valence-electron chi connectivity index (χ2n) is 10.5. The van der Waals surface area contributed by atoms with Gasteiger partial charge in [0.15, 0.2) is 0 Å². The number of para-hydroxylation sites is 1. The number of phenolic OH excluding ortho intramolecular Hbond substituents is 1. The van der Waals surface area contributed by atoms with E-state index in [4.69, 9.17) is 0 Å². The van der Waals surface area contributed by atoms with Crippen molar-refractivity contribution in [2.45, 2.75) is 57.1 Å². The monoisotopic (exact) mass is 679 g/mol. The molecule has 1 aromatic carbocycles. The molecule has 2 rings (SSSR count). The van der Waals surface area contributed by atoms with E-state index >= 15 is 0 Å². The zero-order chi connectivity index (χ0) is 34.0. The van der Waals surface area contributed by atoms with Gasteiger partial charge in [-0.15, -0.1) is 23.5 Å². The van der Waals surface area contributed by atoms with Gasteiger partial charge in [-0.1, -0.05) is 92.0 Å². The summed E-state index contributed by atoms with van der Waals surface area (Å²) in [5.74, 6) is 0.325. The number of carbonyl (C=O) groups excluding carboxylic acids is 4. The van der Waals surface area contributed by atoms with Crippen LogP contribution in [-0.2, 0) is 14.4 Å². The molecule has 10 heteroatoms. The highest BCUT2D eigenvalue weighted by Crippen LogP contribution is 2.24. The van der Waals surface area contributed by atoms with Gasteiger partial charge in [0, 0.05) is 37.6 Å². The summed E-state index contributed by atoms with van der Waals surface area (Å²) < 4.78 is 0. The Hall–Kier alpha value is -3.76. The standard InChI is InChI=1S/C37H49N3O5S2/c1-2-3-4-5-6-7-8-9-10-11-12-13-14-15-16-17-18-21-27-46-30-34(42)38-24-26-40-35(43)29-33(37(40)45)47-28-25-39-36(44)31-22-19-20-23-32(31)41/h3-4,6-7,9-10,12-13,15-16,18-23,33,41H,2,5,8,11,14,17,24-30H2,1H3,(H,38,42)(H,39,44)/b4-3-,7-6?,10-9?,13-12-,16-15-,21-18-. The van der Waals surface area contributed by atoms with Gasteiger partial charge in [-0.2, -0.15) is 0 Å². The predicted molar refractivity (Wildman–Crippen MR) is 197 cm³/mol. The van der Waals surface area contributed by atoms with Crippen molar-refractivity contribution in [1.29, 1.82) is 0 Å². The molecule has 1 heterocycles. The highest BCUT2D eigenvalue weighted by atomic mass is 32.2. The molecule has 0 saturated carbocycles. The third-order valence-corrected chi connectivity index (χ3v) is 8.86. The first-order valence-electron chi connectivity index (χ1n) is 16.2. The number of nitrogens with zero attached hydrogens (tertiary/aromatic N) is 1. The summed E-state index contributed by atoms with van der Waals surface area (Å²) in [7, 11) is 0. The van der Waals surface area contributed by atoms with Gasteiger partial charge in [-0.05, 0) is 50.7 Å². The molecule has 4 amide bonds. The normalized spacial score (nSPS) is 15.6. The summed E-state index contributed by atoms with van der Waals surface area (Å²) in [4.78, 5) is 50.6. The van der Waals surface area contributed by atoms with Crippen molar-refractivity contribution in [2.24, 2.45) is 0 Å². The topological polar surface area (TPSA) is 116 Å². The third kappa shape index (κ3) is 17.7. The zero-order valence-corrected chi connectivity index (χ0v) is 29.0.